The predicted octanol–water partition coefficient (Wildman–Crippen LogP) is 3.13. The summed E-state index contributed by atoms with van der Waals surface area (Å²) in [7, 11) is 3.54. The highest BCUT2D eigenvalue weighted by Gasteiger charge is 2.05. The number of hydrogen-bond acceptors (Lipinski definition) is 3. The van der Waals surface area contributed by atoms with Gasteiger partial charge in [0.25, 0.3) is 0 Å². The Labute approximate surface area is 118 Å². The fourth-order valence-electron chi connectivity index (χ4n) is 1.95. The Morgan fingerprint density at radius 3 is 2.50 bits per heavy atom. The van der Waals surface area contributed by atoms with Crippen molar-refractivity contribution in [3.8, 4) is 11.5 Å². The first-order valence-corrected chi connectivity index (χ1v) is 6.41. The zero-order valence-electron chi connectivity index (χ0n) is 11.7. The zero-order valence-corrected chi connectivity index (χ0v) is 11.7. The van der Waals surface area contributed by atoms with E-state index in [0.29, 0.717) is 12.4 Å². The molecule has 106 valence electrons. The molecule has 0 aliphatic heterocycles. The largest absolute Gasteiger partial charge is 0.496 e. The van der Waals surface area contributed by atoms with E-state index in [9.17, 15) is 4.39 Å². The summed E-state index contributed by atoms with van der Waals surface area (Å²) in [6.07, 6.45) is 0. The second-order valence-electron chi connectivity index (χ2n) is 4.42. The van der Waals surface area contributed by atoms with E-state index in [4.69, 9.17) is 9.47 Å². The second-order valence-corrected chi connectivity index (χ2v) is 4.42. The van der Waals surface area contributed by atoms with E-state index in [0.717, 1.165) is 23.4 Å². The van der Waals surface area contributed by atoms with Gasteiger partial charge in [-0.25, -0.2) is 4.39 Å². The van der Waals surface area contributed by atoms with Crippen LogP contribution >= 0.6 is 0 Å². The highest BCUT2D eigenvalue weighted by atomic mass is 19.1. The van der Waals surface area contributed by atoms with Crippen molar-refractivity contribution in [2.45, 2.75) is 13.2 Å². The quantitative estimate of drug-likeness (QED) is 0.878. The number of methoxy groups -OCH3 is 1. The molecular weight excluding hydrogens is 257 g/mol. The van der Waals surface area contributed by atoms with Crippen LogP contribution in [0.4, 0.5) is 4.39 Å². The molecule has 0 aliphatic rings. The van der Waals surface area contributed by atoms with Gasteiger partial charge in [0.15, 0.2) is 0 Å². The summed E-state index contributed by atoms with van der Waals surface area (Å²) in [4.78, 5) is 0. The molecule has 2 aromatic rings. The normalized spacial score (nSPS) is 10.3. The van der Waals surface area contributed by atoms with Gasteiger partial charge in [-0.05, 0) is 49.0 Å². The standard InChI is InChI=1S/C16H18FNO2/c1-18-10-12-3-8-16(19-2)13(9-12)11-20-15-6-4-14(17)5-7-15/h3-9,18H,10-11H2,1-2H3. The third kappa shape index (κ3) is 3.71. The van der Waals surface area contributed by atoms with Gasteiger partial charge in [0.1, 0.15) is 23.9 Å². The van der Waals surface area contributed by atoms with Gasteiger partial charge < -0.3 is 14.8 Å². The van der Waals surface area contributed by atoms with Crippen LogP contribution < -0.4 is 14.8 Å². The smallest absolute Gasteiger partial charge is 0.125 e. The molecule has 0 spiro atoms. The number of nitrogens with one attached hydrogen (secondary N) is 1. The Bertz CT molecular complexity index is 555. The van der Waals surface area contributed by atoms with Crippen LogP contribution in [0.5, 0.6) is 11.5 Å². The molecule has 0 aliphatic carbocycles. The first-order chi connectivity index (χ1) is 9.72. The molecule has 1 N–H and O–H groups in total. The van der Waals surface area contributed by atoms with Crippen molar-refractivity contribution in [3.05, 3.63) is 59.4 Å². The molecule has 0 radical (unpaired) electrons. The summed E-state index contributed by atoms with van der Waals surface area (Å²) in [5, 5.41) is 3.11. The Morgan fingerprint density at radius 1 is 1.10 bits per heavy atom. The molecule has 0 saturated carbocycles. The maximum Gasteiger partial charge on any atom is 0.125 e. The fourth-order valence-corrected chi connectivity index (χ4v) is 1.95. The average Bonchev–Trinajstić information content (AvgIpc) is 2.47. The molecule has 0 aromatic heterocycles. The molecule has 0 heterocycles. The molecule has 4 heteroatoms. The molecular formula is C16H18FNO2. The molecule has 0 saturated heterocycles. The first kappa shape index (κ1) is 14.3. The third-order valence-corrected chi connectivity index (χ3v) is 2.93. The van der Waals surface area contributed by atoms with Crippen molar-refractivity contribution in [1.29, 1.82) is 0 Å². The lowest BCUT2D eigenvalue weighted by Crippen LogP contribution is -2.06. The molecule has 0 amide bonds. The van der Waals surface area contributed by atoms with Crippen LogP contribution in [0, 0.1) is 5.82 Å². The Morgan fingerprint density at radius 2 is 1.85 bits per heavy atom. The monoisotopic (exact) mass is 275 g/mol. The molecule has 3 nitrogen and oxygen atoms in total. The highest BCUT2D eigenvalue weighted by Crippen LogP contribution is 2.22. The average molecular weight is 275 g/mol. The lowest BCUT2D eigenvalue weighted by Gasteiger charge is -2.12. The Hall–Kier alpha value is -2.07. The maximum absolute atomic E-state index is 12.8. The zero-order chi connectivity index (χ0) is 14.4. The summed E-state index contributed by atoms with van der Waals surface area (Å²) in [6.45, 7) is 1.17. The Balaban J connectivity index is 2.10. The van der Waals surface area contributed by atoms with E-state index in [1.807, 2.05) is 25.2 Å². The number of halogens is 1. The van der Waals surface area contributed by atoms with Gasteiger partial charge in [0.2, 0.25) is 0 Å². The van der Waals surface area contributed by atoms with Crippen LogP contribution in [-0.2, 0) is 13.2 Å². The topological polar surface area (TPSA) is 30.5 Å². The van der Waals surface area contributed by atoms with Crippen molar-refractivity contribution in [2.75, 3.05) is 14.2 Å². The van der Waals surface area contributed by atoms with Crippen molar-refractivity contribution in [2.24, 2.45) is 0 Å². The number of hydrogen-bond donors (Lipinski definition) is 1. The van der Waals surface area contributed by atoms with Crippen LogP contribution in [0.2, 0.25) is 0 Å². The van der Waals surface area contributed by atoms with Gasteiger partial charge in [-0.1, -0.05) is 6.07 Å². The number of ether oxygens (including phenoxy) is 2. The minimum absolute atomic E-state index is 0.272. The Kier molecular flexibility index (Phi) is 4.96. The van der Waals surface area contributed by atoms with E-state index in [-0.39, 0.29) is 5.82 Å². The van der Waals surface area contributed by atoms with E-state index < -0.39 is 0 Å². The first-order valence-electron chi connectivity index (χ1n) is 6.41. The van der Waals surface area contributed by atoms with Crippen molar-refractivity contribution in [3.63, 3.8) is 0 Å². The van der Waals surface area contributed by atoms with E-state index in [1.165, 1.54) is 12.1 Å². The molecule has 20 heavy (non-hydrogen) atoms. The van der Waals surface area contributed by atoms with Gasteiger partial charge >= 0.3 is 0 Å². The van der Waals surface area contributed by atoms with E-state index in [1.54, 1.807) is 19.2 Å². The molecule has 0 fully saturated rings. The molecule has 0 atom stereocenters. The van der Waals surface area contributed by atoms with E-state index in [2.05, 4.69) is 5.32 Å². The predicted molar refractivity (Wildman–Crippen MR) is 76.5 cm³/mol. The van der Waals surface area contributed by atoms with Gasteiger partial charge in [0.05, 0.1) is 7.11 Å². The van der Waals surface area contributed by atoms with Gasteiger partial charge in [-0.3, -0.25) is 0 Å². The van der Waals surface area contributed by atoms with Gasteiger partial charge in [-0.2, -0.15) is 0 Å². The summed E-state index contributed by atoms with van der Waals surface area (Å²) in [5.74, 6) is 1.14. The highest BCUT2D eigenvalue weighted by molar-refractivity contribution is 5.37. The van der Waals surface area contributed by atoms with Crippen LogP contribution in [0.3, 0.4) is 0 Å². The molecule has 0 unspecified atom stereocenters. The van der Waals surface area contributed by atoms with Crippen molar-refractivity contribution >= 4 is 0 Å². The fraction of sp³-hybridized carbons (Fsp3) is 0.250. The van der Waals surface area contributed by atoms with Gasteiger partial charge in [0, 0.05) is 12.1 Å². The number of rotatable bonds is 6. The molecule has 0 bridgehead atoms. The minimum atomic E-state index is -0.272. The second kappa shape index (κ2) is 6.91. The lowest BCUT2D eigenvalue weighted by molar-refractivity contribution is 0.296. The van der Waals surface area contributed by atoms with Crippen LogP contribution in [-0.4, -0.2) is 14.2 Å². The summed E-state index contributed by atoms with van der Waals surface area (Å²) in [5.41, 5.74) is 2.12. The maximum atomic E-state index is 12.8. The van der Waals surface area contributed by atoms with Crippen molar-refractivity contribution < 1.29 is 13.9 Å². The summed E-state index contributed by atoms with van der Waals surface area (Å²) in [6, 6.07) is 12.0. The van der Waals surface area contributed by atoms with Crippen LogP contribution in [0.25, 0.3) is 0 Å². The SMILES string of the molecule is CNCc1ccc(OC)c(COc2ccc(F)cc2)c1. The van der Waals surface area contributed by atoms with Crippen LogP contribution in [0.15, 0.2) is 42.5 Å². The minimum Gasteiger partial charge on any atom is -0.496 e. The van der Waals surface area contributed by atoms with Crippen molar-refractivity contribution in [1.82, 2.24) is 5.32 Å². The lowest BCUT2D eigenvalue weighted by atomic mass is 10.1. The summed E-state index contributed by atoms with van der Waals surface area (Å²) < 4.78 is 23.8. The van der Waals surface area contributed by atoms with Crippen LogP contribution in [0.1, 0.15) is 11.1 Å². The third-order valence-electron chi connectivity index (χ3n) is 2.93. The number of benzene rings is 2. The molecule has 2 aromatic carbocycles. The summed E-state index contributed by atoms with van der Waals surface area (Å²) >= 11 is 0. The molecule has 2 rings (SSSR count). The van der Waals surface area contributed by atoms with E-state index >= 15 is 0 Å². The van der Waals surface area contributed by atoms with Gasteiger partial charge in [-0.15, -0.1) is 0 Å².